The molecule has 1 aliphatic heterocycles. The first-order valence-electron chi connectivity index (χ1n) is 6.58. The zero-order chi connectivity index (χ0) is 14.7. The van der Waals surface area contributed by atoms with E-state index in [4.69, 9.17) is 16.3 Å². The van der Waals surface area contributed by atoms with Crippen molar-refractivity contribution in [3.05, 3.63) is 21.6 Å². The van der Waals surface area contributed by atoms with Crippen LogP contribution in [0.2, 0.25) is 5.02 Å². The second kappa shape index (κ2) is 6.78. The summed E-state index contributed by atoms with van der Waals surface area (Å²) in [5, 5.41) is 6.81. The van der Waals surface area contributed by atoms with E-state index in [1.807, 2.05) is 0 Å². The average Bonchev–Trinajstić information content (AvgIpc) is 2.38. The molecule has 1 fully saturated rings. The molecule has 1 amide bonds. The van der Waals surface area contributed by atoms with Crippen LogP contribution < -0.4 is 15.4 Å². The number of carbonyl (C=O) groups excluding carboxylic acids is 1. The number of carbonyl (C=O) groups is 1. The average molecular weight is 362 g/mol. The number of piperidine rings is 1. The lowest BCUT2D eigenvalue weighted by Crippen LogP contribution is -2.40. The van der Waals surface area contributed by atoms with Crippen molar-refractivity contribution < 1.29 is 9.53 Å². The SMILES string of the molecule is COc1c(Br)cc(Cl)cc1NC(=O)C1CCNC(C)C1. The zero-order valence-corrected chi connectivity index (χ0v) is 13.8. The van der Waals surface area contributed by atoms with Crippen LogP contribution in [-0.2, 0) is 4.79 Å². The van der Waals surface area contributed by atoms with E-state index < -0.39 is 0 Å². The number of benzene rings is 1. The molecule has 1 aliphatic rings. The fourth-order valence-electron chi connectivity index (χ4n) is 2.47. The van der Waals surface area contributed by atoms with E-state index in [9.17, 15) is 4.79 Å². The fraction of sp³-hybridized carbons (Fsp3) is 0.500. The van der Waals surface area contributed by atoms with Crippen molar-refractivity contribution in [3.8, 4) is 5.75 Å². The number of anilines is 1. The van der Waals surface area contributed by atoms with Gasteiger partial charge in [0, 0.05) is 17.0 Å². The number of nitrogens with one attached hydrogen (secondary N) is 2. The van der Waals surface area contributed by atoms with Gasteiger partial charge in [-0.05, 0) is 54.4 Å². The molecule has 2 unspecified atom stereocenters. The second-order valence-corrected chi connectivity index (χ2v) is 6.32. The maximum Gasteiger partial charge on any atom is 0.227 e. The maximum atomic E-state index is 12.4. The van der Waals surface area contributed by atoms with Gasteiger partial charge in [-0.2, -0.15) is 0 Å². The minimum absolute atomic E-state index is 0.0193. The van der Waals surface area contributed by atoms with E-state index >= 15 is 0 Å². The Kier molecular flexibility index (Phi) is 5.29. The van der Waals surface area contributed by atoms with Crippen molar-refractivity contribution >= 4 is 39.1 Å². The first-order valence-corrected chi connectivity index (χ1v) is 7.75. The highest BCUT2D eigenvalue weighted by Gasteiger charge is 2.25. The van der Waals surface area contributed by atoms with Crippen molar-refractivity contribution in [2.45, 2.75) is 25.8 Å². The molecule has 2 N–H and O–H groups in total. The highest BCUT2D eigenvalue weighted by Crippen LogP contribution is 2.36. The van der Waals surface area contributed by atoms with Gasteiger partial charge in [0.2, 0.25) is 5.91 Å². The lowest BCUT2D eigenvalue weighted by Gasteiger charge is -2.27. The van der Waals surface area contributed by atoms with Crippen LogP contribution in [0.25, 0.3) is 0 Å². The summed E-state index contributed by atoms with van der Waals surface area (Å²) in [6.45, 7) is 2.96. The van der Waals surface area contributed by atoms with Gasteiger partial charge in [0.25, 0.3) is 0 Å². The third-order valence-corrected chi connectivity index (χ3v) is 4.27. The van der Waals surface area contributed by atoms with Crippen molar-refractivity contribution in [1.82, 2.24) is 5.32 Å². The molecule has 0 aliphatic carbocycles. The number of hydrogen-bond acceptors (Lipinski definition) is 3. The van der Waals surface area contributed by atoms with E-state index in [0.29, 0.717) is 22.5 Å². The molecular weight excluding hydrogens is 344 g/mol. The van der Waals surface area contributed by atoms with Crippen molar-refractivity contribution in [2.24, 2.45) is 5.92 Å². The third kappa shape index (κ3) is 3.65. The second-order valence-electron chi connectivity index (χ2n) is 5.03. The van der Waals surface area contributed by atoms with Gasteiger partial charge in [0.05, 0.1) is 17.3 Å². The van der Waals surface area contributed by atoms with E-state index in [1.54, 1.807) is 19.2 Å². The maximum absolute atomic E-state index is 12.4. The first-order chi connectivity index (χ1) is 9.51. The number of halogens is 2. The summed E-state index contributed by atoms with van der Waals surface area (Å²) < 4.78 is 6.03. The molecule has 1 aromatic rings. The minimum atomic E-state index is 0.0193. The summed E-state index contributed by atoms with van der Waals surface area (Å²) >= 11 is 9.41. The van der Waals surface area contributed by atoms with Gasteiger partial charge in [-0.3, -0.25) is 4.79 Å². The van der Waals surface area contributed by atoms with Gasteiger partial charge in [0.15, 0.2) is 5.75 Å². The Bertz CT molecular complexity index is 510. The fourth-order valence-corrected chi connectivity index (χ4v) is 3.44. The quantitative estimate of drug-likeness (QED) is 0.867. The van der Waals surface area contributed by atoms with Gasteiger partial charge in [-0.25, -0.2) is 0 Å². The Morgan fingerprint density at radius 3 is 2.95 bits per heavy atom. The van der Waals surface area contributed by atoms with Crippen molar-refractivity contribution in [2.75, 3.05) is 19.0 Å². The molecular formula is C14H18BrClN2O2. The van der Waals surface area contributed by atoms with Gasteiger partial charge in [-0.1, -0.05) is 11.6 Å². The predicted octanol–water partition coefficient (Wildman–Crippen LogP) is 3.44. The molecule has 4 nitrogen and oxygen atoms in total. The summed E-state index contributed by atoms with van der Waals surface area (Å²) in [5.74, 6) is 0.629. The van der Waals surface area contributed by atoms with Gasteiger partial charge < -0.3 is 15.4 Å². The summed E-state index contributed by atoms with van der Waals surface area (Å²) in [6.07, 6.45) is 1.69. The molecule has 2 rings (SSSR count). The number of rotatable bonds is 3. The number of amides is 1. The standard InChI is InChI=1S/C14H18BrClN2O2/c1-8-5-9(3-4-17-8)14(19)18-12-7-10(16)6-11(15)13(12)20-2/h6-9,17H,3-5H2,1-2H3,(H,18,19). The molecule has 0 spiro atoms. The Morgan fingerprint density at radius 2 is 2.30 bits per heavy atom. The van der Waals surface area contributed by atoms with Gasteiger partial charge >= 0.3 is 0 Å². The largest absolute Gasteiger partial charge is 0.493 e. The Hall–Kier alpha value is -0.780. The lowest BCUT2D eigenvalue weighted by atomic mass is 9.92. The van der Waals surface area contributed by atoms with Crippen LogP contribution in [0.3, 0.4) is 0 Å². The van der Waals surface area contributed by atoms with Crippen molar-refractivity contribution in [3.63, 3.8) is 0 Å². The molecule has 1 aromatic carbocycles. The van der Waals surface area contributed by atoms with E-state index in [1.165, 1.54) is 0 Å². The van der Waals surface area contributed by atoms with E-state index in [2.05, 4.69) is 33.5 Å². The minimum Gasteiger partial charge on any atom is -0.493 e. The molecule has 0 radical (unpaired) electrons. The van der Waals surface area contributed by atoms with E-state index in [-0.39, 0.29) is 11.8 Å². The van der Waals surface area contributed by atoms with Crippen LogP contribution in [0.15, 0.2) is 16.6 Å². The van der Waals surface area contributed by atoms with Gasteiger partial charge in [-0.15, -0.1) is 0 Å². The normalized spacial score (nSPS) is 22.4. The number of methoxy groups -OCH3 is 1. The predicted molar refractivity (Wildman–Crippen MR) is 84.5 cm³/mol. The molecule has 0 aromatic heterocycles. The smallest absolute Gasteiger partial charge is 0.227 e. The molecule has 0 bridgehead atoms. The summed E-state index contributed by atoms with van der Waals surface area (Å²) in [5.41, 5.74) is 0.600. The monoisotopic (exact) mass is 360 g/mol. The lowest BCUT2D eigenvalue weighted by molar-refractivity contribution is -0.120. The van der Waals surface area contributed by atoms with Crippen LogP contribution in [0.4, 0.5) is 5.69 Å². The van der Waals surface area contributed by atoms with Crippen LogP contribution in [0.5, 0.6) is 5.75 Å². The molecule has 110 valence electrons. The molecule has 0 saturated carbocycles. The van der Waals surface area contributed by atoms with Crippen LogP contribution >= 0.6 is 27.5 Å². The topological polar surface area (TPSA) is 50.4 Å². The summed E-state index contributed by atoms with van der Waals surface area (Å²) in [7, 11) is 1.57. The van der Waals surface area contributed by atoms with E-state index in [0.717, 1.165) is 23.9 Å². The third-order valence-electron chi connectivity index (χ3n) is 3.46. The molecule has 6 heteroatoms. The Balaban J connectivity index is 2.15. The molecule has 1 heterocycles. The van der Waals surface area contributed by atoms with Gasteiger partial charge in [0.1, 0.15) is 0 Å². The highest BCUT2D eigenvalue weighted by atomic mass is 79.9. The summed E-state index contributed by atoms with van der Waals surface area (Å²) in [6, 6.07) is 3.81. The molecule has 20 heavy (non-hydrogen) atoms. The number of hydrogen-bond donors (Lipinski definition) is 2. The van der Waals surface area contributed by atoms with Crippen LogP contribution in [-0.4, -0.2) is 25.6 Å². The van der Waals surface area contributed by atoms with Crippen LogP contribution in [0.1, 0.15) is 19.8 Å². The molecule has 1 saturated heterocycles. The number of ether oxygens (including phenoxy) is 1. The first kappa shape index (κ1) is 15.6. The zero-order valence-electron chi connectivity index (χ0n) is 11.5. The van der Waals surface area contributed by atoms with Crippen LogP contribution in [0, 0.1) is 5.92 Å². The summed E-state index contributed by atoms with van der Waals surface area (Å²) in [4.78, 5) is 12.4. The van der Waals surface area contributed by atoms with Crippen molar-refractivity contribution in [1.29, 1.82) is 0 Å². The Morgan fingerprint density at radius 1 is 1.55 bits per heavy atom. The molecule has 2 atom stereocenters. The Labute approximate surface area is 132 Å². The highest BCUT2D eigenvalue weighted by molar-refractivity contribution is 9.10.